The number of carboxylic acids is 1. The molecule has 7 nitrogen and oxygen atoms in total. The van der Waals surface area contributed by atoms with Crippen LogP contribution < -0.4 is 10.4 Å². The zero-order chi connectivity index (χ0) is 22.9. The third kappa shape index (κ3) is 4.55. The van der Waals surface area contributed by atoms with Crippen molar-refractivity contribution in [2.24, 2.45) is 0 Å². The van der Waals surface area contributed by atoms with E-state index in [0.717, 1.165) is 28.8 Å². The highest BCUT2D eigenvalue weighted by Gasteiger charge is 2.30. The summed E-state index contributed by atoms with van der Waals surface area (Å²) in [5.41, 5.74) is 2.95. The smallest absolute Gasteiger partial charge is 0.351 e. The van der Waals surface area contributed by atoms with E-state index < -0.39 is 11.6 Å². The van der Waals surface area contributed by atoms with Crippen molar-refractivity contribution in [3.63, 3.8) is 0 Å². The molecule has 164 valence electrons. The molecule has 3 aromatic rings. The molecule has 1 heterocycles. The van der Waals surface area contributed by atoms with Crippen molar-refractivity contribution in [1.29, 1.82) is 0 Å². The molecule has 0 saturated carbocycles. The van der Waals surface area contributed by atoms with E-state index in [9.17, 15) is 14.7 Å². The lowest BCUT2D eigenvalue weighted by molar-refractivity contribution is -0.152. The van der Waals surface area contributed by atoms with Crippen molar-refractivity contribution in [1.82, 2.24) is 14.3 Å². The average Bonchev–Trinajstić information content (AvgIpc) is 2.99. The molecule has 31 heavy (non-hydrogen) atoms. The zero-order valence-electron chi connectivity index (χ0n) is 18.9. The van der Waals surface area contributed by atoms with E-state index in [2.05, 4.69) is 12.0 Å². The molecule has 3 rings (SSSR count). The summed E-state index contributed by atoms with van der Waals surface area (Å²) >= 11 is 0. The number of rotatable bonds is 7. The Morgan fingerprint density at radius 2 is 1.65 bits per heavy atom. The third-order valence-corrected chi connectivity index (χ3v) is 5.37. The predicted molar refractivity (Wildman–Crippen MR) is 119 cm³/mol. The number of carboxylic acid groups (broad SMARTS) is 1. The Morgan fingerprint density at radius 3 is 2.16 bits per heavy atom. The molecule has 0 radical (unpaired) electrons. The Labute approximate surface area is 181 Å². The number of benzene rings is 2. The van der Waals surface area contributed by atoms with Gasteiger partial charge in [0.25, 0.3) is 0 Å². The maximum Gasteiger partial charge on any atom is 0.351 e. The van der Waals surface area contributed by atoms with Crippen molar-refractivity contribution in [3.8, 4) is 11.4 Å². The van der Waals surface area contributed by atoms with E-state index in [4.69, 9.17) is 4.74 Å². The average molecular weight is 424 g/mol. The molecule has 0 atom stereocenters. The molecule has 0 aliphatic carbocycles. The highest BCUT2D eigenvalue weighted by Crippen LogP contribution is 2.29. The topological polar surface area (TPSA) is 86.3 Å². The highest BCUT2D eigenvalue weighted by molar-refractivity contribution is 5.77. The van der Waals surface area contributed by atoms with Crippen LogP contribution in [0.25, 0.3) is 5.69 Å². The van der Waals surface area contributed by atoms with Crippen LogP contribution in [0.2, 0.25) is 0 Å². The number of hydrogen-bond donors (Lipinski definition) is 1. The molecule has 1 aromatic heterocycles. The Kier molecular flexibility index (Phi) is 6.06. The molecule has 0 fully saturated rings. The molecule has 0 saturated heterocycles. The summed E-state index contributed by atoms with van der Waals surface area (Å²) in [6.07, 6.45) is 0.935. The molecule has 0 unspecified atom stereocenters. The van der Waals surface area contributed by atoms with Gasteiger partial charge in [-0.1, -0.05) is 31.2 Å². The third-order valence-electron chi connectivity index (χ3n) is 5.37. The lowest BCUT2D eigenvalue weighted by Crippen LogP contribution is -2.38. The van der Waals surface area contributed by atoms with Crippen LogP contribution in [-0.4, -0.2) is 31.0 Å². The monoisotopic (exact) mass is 423 g/mol. The summed E-state index contributed by atoms with van der Waals surface area (Å²) in [7, 11) is 0. The van der Waals surface area contributed by atoms with E-state index in [1.54, 1.807) is 4.57 Å². The fourth-order valence-corrected chi connectivity index (χ4v) is 3.49. The number of aryl methyl sites for hydroxylation is 4. The van der Waals surface area contributed by atoms with Gasteiger partial charge in [-0.2, -0.15) is 9.78 Å². The first-order valence-corrected chi connectivity index (χ1v) is 10.3. The van der Waals surface area contributed by atoms with Gasteiger partial charge in [-0.05, 0) is 75.4 Å². The van der Waals surface area contributed by atoms with Crippen molar-refractivity contribution < 1.29 is 14.6 Å². The quantitative estimate of drug-likeness (QED) is 0.624. The van der Waals surface area contributed by atoms with Gasteiger partial charge in [0, 0.05) is 0 Å². The van der Waals surface area contributed by atoms with Crippen LogP contribution >= 0.6 is 0 Å². The minimum Gasteiger partial charge on any atom is -0.478 e. The summed E-state index contributed by atoms with van der Waals surface area (Å²) < 4.78 is 8.82. The Hall–Kier alpha value is -3.35. The normalized spacial score (nSPS) is 11.5. The highest BCUT2D eigenvalue weighted by atomic mass is 16.5. The van der Waals surface area contributed by atoms with Gasteiger partial charge in [-0.25, -0.2) is 9.59 Å². The van der Waals surface area contributed by atoms with Crippen LogP contribution in [0.1, 0.15) is 48.8 Å². The van der Waals surface area contributed by atoms with Crippen LogP contribution in [0.3, 0.4) is 0 Å². The number of aromatic nitrogens is 3. The summed E-state index contributed by atoms with van der Waals surface area (Å²) in [6, 6.07) is 11.6. The van der Waals surface area contributed by atoms with Crippen LogP contribution in [0.5, 0.6) is 5.75 Å². The van der Waals surface area contributed by atoms with Gasteiger partial charge in [0.05, 0.1) is 12.2 Å². The SMILES string of the molecule is CCc1ccc(-n2nc(C)n(Cc3cc(C)c(OC(C)(C)C(=O)O)c(C)c3)c2=O)cc1. The van der Waals surface area contributed by atoms with Crippen molar-refractivity contribution in [2.75, 3.05) is 0 Å². The van der Waals surface area contributed by atoms with Crippen molar-refractivity contribution in [3.05, 3.63) is 75.0 Å². The van der Waals surface area contributed by atoms with E-state index >= 15 is 0 Å². The van der Waals surface area contributed by atoms with Gasteiger partial charge in [0.2, 0.25) is 0 Å². The number of aliphatic carboxylic acids is 1. The fraction of sp³-hybridized carbons (Fsp3) is 0.375. The Bertz CT molecular complexity index is 1150. The summed E-state index contributed by atoms with van der Waals surface area (Å²) in [4.78, 5) is 24.4. The predicted octanol–water partition coefficient (Wildman–Crippen LogP) is 3.81. The molecule has 0 amide bonds. The van der Waals surface area contributed by atoms with Gasteiger partial charge in [-0.3, -0.25) is 4.57 Å². The molecule has 0 bridgehead atoms. The zero-order valence-corrected chi connectivity index (χ0v) is 18.9. The van der Waals surface area contributed by atoms with E-state index in [0.29, 0.717) is 18.1 Å². The van der Waals surface area contributed by atoms with Crippen LogP contribution in [-0.2, 0) is 17.8 Å². The van der Waals surface area contributed by atoms with Gasteiger partial charge in [-0.15, -0.1) is 0 Å². The molecule has 2 aromatic carbocycles. The molecule has 0 spiro atoms. The molecule has 1 N–H and O–H groups in total. The fourth-order valence-electron chi connectivity index (χ4n) is 3.49. The Balaban J connectivity index is 1.92. The molecular weight excluding hydrogens is 394 g/mol. The number of ether oxygens (including phenoxy) is 1. The number of carbonyl (C=O) groups is 1. The van der Waals surface area contributed by atoms with E-state index in [1.165, 1.54) is 24.1 Å². The van der Waals surface area contributed by atoms with Crippen LogP contribution in [0, 0.1) is 20.8 Å². The Morgan fingerprint density at radius 1 is 1.06 bits per heavy atom. The molecule has 7 heteroatoms. The molecule has 0 aliphatic rings. The maximum atomic E-state index is 13.0. The van der Waals surface area contributed by atoms with Crippen LogP contribution in [0.15, 0.2) is 41.2 Å². The minimum atomic E-state index is -1.33. The van der Waals surface area contributed by atoms with Crippen LogP contribution in [0.4, 0.5) is 0 Å². The lowest BCUT2D eigenvalue weighted by atomic mass is 10.0. The minimum absolute atomic E-state index is 0.204. The lowest BCUT2D eigenvalue weighted by Gasteiger charge is -2.24. The van der Waals surface area contributed by atoms with Gasteiger partial charge in [0.1, 0.15) is 11.6 Å². The second kappa shape index (κ2) is 8.41. The second-order valence-corrected chi connectivity index (χ2v) is 8.32. The second-order valence-electron chi connectivity index (χ2n) is 8.32. The van der Waals surface area contributed by atoms with Gasteiger partial charge >= 0.3 is 11.7 Å². The van der Waals surface area contributed by atoms with Gasteiger partial charge in [0.15, 0.2) is 5.60 Å². The first-order valence-electron chi connectivity index (χ1n) is 10.3. The largest absolute Gasteiger partial charge is 0.478 e. The molecule has 0 aliphatic heterocycles. The first kappa shape index (κ1) is 22.3. The summed E-state index contributed by atoms with van der Waals surface area (Å²) in [5.74, 6) is 0.135. The first-order chi connectivity index (χ1) is 14.5. The molecular formula is C24H29N3O4. The number of nitrogens with zero attached hydrogens (tertiary/aromatic N) is 3. The summed E-state index contributed by atoms with van der Waals surface area (Å²) in [6.45, 7) is 11.0. The number of hydrogen-bond acceptors (Lipinski definition) is 4. The summed E-state index contributed by atoms with van der Waals surface area (Å²) in [5, 5.41) is 13.8. The van der Waals surface area contributed by atoms with E-state index in [1.807, 2.05) is 57.2 Å². The van der Waals surface area contributed by atoms with E-state index in [-0.39, 0.29) is 5.69 Å². The van der Waals surface area contributed by atoms with Crippen molar-refractivity contribution in [2.45, 2.75) is 60.1 Å². The van der Waals surface area contributed by atoms with Crippen molar-refractivity contribution >= 4 is 5.97 Å². The maximum absolute atomic E-state index is 13.0. The van der Waals surface area contributed by atoms with Gasteiger partial charge < -0.3 is 9.84 Å². The standard InChI is InChI=1S/C24H29N3O4/c1-7-18-8-10-20(11-9-18)27-23(30)26(17(4)25-27)14-19-12-15(2)21(16(3)13-19)31-24(5,6)22(28)29/h8-13H,7,14H2,1-6H3,(H,28,29).